The molecular formula is C67H115N11O12. The van der Waals surface area contributed by atoms with Gasteiger partial charge in [-0.3, -0.25) is 52.7 Å². The van der Waals surface area contributed by atoms with E-state index in [0.29, 0.717) is 6.42 Å². The molecule has 0 aliphatic rings. The zero-order valence-electron chi connectivity index (χ0n) is 58.9. The van der Waals surface area contributed by atoms with Crippen molar-refractivity contribution in [3.63, 3.8) is 0 Å². The number of carbonyl (C=O) groups excluding carboxylic acids is 11. The first-order chi connectivity index (χ1) is 41.5. The third kappa shape index (κ3) is 23.4. The molecule has 0 fully saturated rings. The number of nitrogens with two attached hydrogens (primary N) is 1. The highest BCUT2D eigenvalue weighted by Gasteiger charge is 2.45. The molecule has 12 atom stereocenters. The monoisotopic (exact) mass is 1270 g/mol. The van der Waals surface area contributed by atoms with Gasteiger partial charge in [0, 0.05) is 61.7 Å². The van der Waals surface area contributed by atoms with Crippen LogP contribution in [-0.4, -0.2) is 221 Å². The molecule has 510 valence electrons. The standard InChI is InChI=1S/C67H115N11O12/c1-25-27-31-43(11)56(80)55(60(84)70-48(26-2)63(87)72(18)38-53(79)74(20)50(57(68)81)37-47-32-29-28-30-33-47)78(24)66(90)54(42(9)10)77(23)65(89)52(36-41(7)8)76(22)64(88)51(35-40(5)6)75(21)62(86)45(13)69-59(83)49(34-39(3)4)71-58(82)46(14)73(19)61(85)44(12)67(15,16)17/h25,27-30,32-33,39-46,48-52,54-56,80H,26,31,34-38H2,1-24H3,(H2,68,81)(H,69,83)(H,70,84)(H,71,82)/b27-25-/t43-,44-,45+,46+,48-,49-,50+,51+,52-,54-,55?,56+/m1/s1. The van der Waals surface area contributed by atoms with E-state index >= 15 is 14.4 Å². The fourth-order valence-electron chi connectivity index (χ4n) is 10.7. The summed E-state index contributed by atoms with van der Waals surface area (Å²) < 4.78 is 0. The van der Waals surface area contributed by atoms with Crippen molar-refractivity contribution in [2.75, 3.05) is 55.9 Å². The van der Waals surface area contributed by atoms with Crippen LogP contribution in [0.1, 0.15) is 155 Å². The second-order valence-corrected chi connectivity index (χ2v) is 27.4. The topological polar surface area (TPSA) is 293 Å². The van der Waals surface area contributed by atoms with Crippen LogP contribution in [-0.2, 0) is 59.2 Å². The normalized spacial score (nSPS) is 15.8. The number of rotatable bonds is 35. The molecule has 1 aromatic rings. The predicted molar refractivity (Wildman–Crippen MR) is 350 cm³/mol. The predicted octanol–water partition coefficient (Wildman–Crippen LogP) is 4.48. The lowest BCUT2D eigenvalue weighted by Gasteiger charge is -2.41. The first-order valence-electron chi connectivity index (χ1n) is 31.9. The number of primary amides is 1. The fourth-order valence-corrected chi connectivity index (χ4v) is 10.7. The van der Waals surface area contributed by atoms with Crippen molar-refractivity contribution in [3.05, 3.63) is 48.0 Å². The van der Waals surface area contributed by atoms with Crippen LogP contribution in [0, 0.1) is 40.9 Å². The van der Waals surface area contributed by atoms with E-state index in [1.165, 1.54) is 73.7 Å². The summed E-state index contributed by atoms with van der Waals surface area (Å²) in [6.07, 6.45) is 3.08. The van der Waals surface area contributed by atoms with Crippen molar-refractivity contribution in [3.8, 4) is 0 Å². The summed E-state index contributed by atoms with van der Waals surface area (Å²) in [5.74, 6) is -8.81. The van der Waals surface area contributed by atoms with Gasteiger partial charge in [-0.2, -0.15) is 0 Å². The first kappa shape index (κ1) is 81.1. The number of benzene rings is 1. The van der Waals surface area contributed by atoms with Crippen molar-refractivity contribution in [1.82, 2.24) is 50.2 Å². The third-order valence-corrected chi connectivity index (χ3v) is 17.2. The maximum Gasteiger partial charge on any atom is 0.246 e. The number of allylic oxidation sites excluding steroid dienone is 2. The van der Waals surface area contributed by atoms with Crippen molar-refractivity contribution in [2.45, 2.75) is 217 Å². The van der Waals surface area contributed by atoms with Gasteiger partial charge in [0.25, 0.3) is 0 Å². The highest BCUT2D eigenvalue weighted by molar-refractivity contribution is 5.99. The molecule has 0 bridgehead atoms. The van der Waals surface area contributed by atoms with Crippen molar-refractivity contribution >= 4 is 65.0 Å². The fraction of sp³-hybridized carbons (Fsp3) is 0.716. The summed E-state index contributed by atoms with van der Waals surface area (Å²) >= 11 is 0. The van der Waals surface area contributed by atoms with Crippen molar-refractivity contribution < 1.29 is 57.8 Å². The van der Waals surface area contributed by atoms with Crippen LogP contribution >= 0.6 is 0 Å². The van der Waals surface area contributed by atoms with Crippen LogP contribution in [0.15, 0.2) is 42.5 Å². The molecule has 1 rings (SSSR count). The van der Waals surface area contributed by atoms with Crippen molar-refractivity contribution in [2.24, 2.45) is 46.7 Å². The summed E-state index contributed by atoms with van der Waals surface area (Å²) in [5, 5.41) is 20.3. The van der Waals surface area contributed by atoms with Crippen LogP contribution in [0.25, 0.3) is 0 Å². The molecule has 0 aromatic heterocycles. The maximum absolute atomic E-state index is 15.2. The number of amides is 11. The lowest BCUT2D eigenvalue weighted by atomic mass is 9.81. The molecule has 90 heavy (non-hydrogen) atoms. The Kier molecular flexibility index (Phi) is 33.2. The lowest BCUT2D eigenvalue weighted by Crippen LogP contribution is -2.63. The number of nitrogens with zero attached hydrogens (tertiary/aromatic N) is 7. The highest BCUT2D eigenvalue weighted by Crippen LogP contribution is 2.28. The molecule has 11 amide bonds. The Morgan fingerprint density at radius 3 is 1.48 bits per heavy atom. The number of carbonyl (C=O) groups is 11. The van der Waals surface area contributed by atoms with Gasteiger partial charge in [-0.1, -0.05) is 139 Å². The molecule has 0 saturated heterocycles. The van der Waals surface area contributed by atoms with Crippen LogP contribution in [0.4, 0.5) is 0 Å². The first-order valence-corrected chi connectivity index (χ1v) is 31.9. The van der Waals surface area contributed by atoms with Gasteiger partial charge in [-0.05, 0) is 93.4 Å². The molecule has 6 N–H and O–H groups in total. The van der Waals surface area contributed by atoms with Gasteiger partial charge in [0.2, 0.25) is 65.0 Å². The van der Waals surface area contributed by atoms with Crippen LogP contribution in [0.5, 0.6) is 0 Å². The number of hydrogen-bond acceptors (Lipinski definition) is 12. The largest absolute Gasteiger partial charge is 0.390 e. The zero-order valence-corrected chi connectivity index (χ0v) is 58.9. The summed E-state index contributed by atoms with van der Waals surface area (Å²) in [6.45, 7) is 30.1. The molecule has 0 saturated carbocycles. The molecular weight excluding hydrogens is 1150 g/mol. The van der Waals surface area contributed by atoms with Crippen molar-refractivity contribution in [1.29, 1.82) is 0 Å². The second-order valence-electron chi connectivity index (χ2n) is 27.4. The van der Waals surface area contributed by atoms with Gasteiger partial charge in [-0.25, -0.2) is 0 Å². The molecule has 0 spiro atoms. The molecule has 1 aromatic carbocycles. The van der Waals surface area contributed by atoms with Gasteiger partial charge < -0.3 is 61.1 Å². The van der Waals surface area contributed by atoms with Crippen LogP contribution in [0.2, 0.25) is 0 Å². The summed E-state index contributed by atoms with van der Waals surface area (Å²) in [6, 6.07) is -1.63. The van der Waals surface area contributed by atoms with Gasteiger partial charge in [0.15, 0.2) is 0 Å². The number of aliphatic hydroxyl groups excluding tert-OH is 1. The Morgan fingerprint density at radius 1 is 0.544 bits per heavy atom. The van der Waals surface area contributed by atoms with Gasteiger partial charge in [0.05, 0.1) is 12.6 Å². The van der Waals surface area contributed by atoms with Gasteiger partial charge in [0.1, 0.15) is 54.4 Å². The Morgan fingerprint density at radius 2 is 1.02 bits per heavy atom. The maximum atomic E-state index is 15.2. The highest BCUT2D eigenvalue weighted by atomic mass is 16.3. The van der Waals surface area contributed by atoms with Crippen LogP contribution < -0.4 is 21.7 Å². The minimum atomic E-state index is -1.61. The molecule has 23 heteroatoms. The quantitative estimate of drug-likeness (QED) is 0.0589. The summed E-state index contributed by atoms with van der Waals surface area (Å²) in [5.41, 5.74) is 6.14. The molecule has 0 aliphatic carbocycles. The summed E-state index contributed by atoms with van der Waals surface area (Å²) in [7, 11) is 10.0. The molecule has 0 heterocycles. The van der Waals surface area contributed by atoms with E-state index in [-0.39, 0.29) is 61.2 Å². The molecule has 0 aliphatic heterocycles. The number of likely N-dealkylation sites (N-methyl/N-ethyl adjacent to an activating group) is 7. The smallest absolute Gasteiger partial charge is 0.246 e. The van der Waals surface area contributed by atoms with Gasteiger partial charge >= 0.3 is 0 Å². The Balaban J connectivity index is 3.66. The number of nitrogens with one attached hydrogen (secondary N) is 3. The van der Waals surface area contributed by atoms with E-state index in [1.807, 2.05) is 68.4 Å². The SMILES string of the molecule is C/C=C\C[C@@H](C)[C@H](O)C(C(=O)N[C@H](CC)C(=O)N(C)CC(=O)N(C)[C@@H](Cc1ccccc1)C(N)=O)N(C)C(=O)[C@@H](C(C)C)N(C)C(=O)[C@@H](CC(C)C)N(C)C(=O)[C@H](CC(C)C)N(C)C(=O)[C@H](C)NC(=O)[C@@H](CC(C)C)NC(=O)[C@H](C)N(C)C(=O)[C@@H](C)C(C)(C)C. The van der Waals surface area contributed by atoms with E-state index in [0.717, 1.165) is 15.4 Å². The Bertz CT molecular complexity index is 2610. The van der Waals surface area contributed by atoms with E-state index < -0.39 is 144 Å². The minimum Gasteiger partial charge on any atom is -0.390 e. The van der Waals surface area contributed by atoms with Gasteiger partial charge in [-0.15, -0.1) is 0 Å². The zero-order chi connectivity index (χ0) is 69.7. The molecule has 1 unspecified atom stereocenters. The second kappa shape index (κ2) is 36.8. The summed E-state index contributed by atoms with van der Waals surface area (Å²) in [4.78, 5) is 164. The number of aliphatic hydroxyl groups is 1. The minimum absolute atomic E-state index is 0.0411. The van der Waals surface area contributed by atoms with E-state index in [1.54, 1.807) is 91.9 Å². The third-order valence-electron chi connectivity index (χ3n) is 17.2. The lowest BCUT2D eigenvalue weighted by molar-refractivity contribution is -0.157. The van der Waals surface area contributed by atoms with Crippen LogP contribution in [0.3, 0.4) is 0 Å². The number of hydrogen-bond donors (Lipinski definition) is 5. The molecule has 0 radical (unpaired) electrons. The Hall–Kier alpha value is -6.91. The average Bonchev–Trinajstić information content (AvgIpc) is 0.853. The Labute approximate surface area is 538 Å². The molecule has 23 nitrogen and oxygen atoms in total. The average molecular weight is 1270 g/mol. The van der Waals surface area contributed by atoms with E-state index in [4.69, 9.17) is 5.73 Å². The van der Waals surface area contributed by atoms with E-state index in [2.05, 4.69) is 16.0 Å². The van der Waals surface area contributed by atoms with E-state index in [9.17, 15) is 43.5 Å².